The third-order valence-electron chi connectivity index (χ3n) is 15.1. The Bertz CT molecular complexity index is 3310. The van der Waals surface area contributed by atoms with Crippen molar-refractivity contribution in [3.8, 4) is 29.1 Å². The van der Waals surface area contributed by atoms with E-state index in [1.165, 1.54) is 0 Å². The lowest BCUT2D eigenvalue weighted by molar-refractivity contribution is -0.157. The summed E-state index contributed by atoms with van der Waals surface area (Å²) in [5.41, 5.74) is 2.45. The van der Waals surface area contributed by atoms with Crippen LogP contribution in [0.15, 0.2) is 93.6 Å². The van der Waals surface area contributed by atoms with E-state index in [-0.39, 0.29) is 75.9 Å². The van der Waals surface area contributed by atoms with Gasteiger partial charge in [0.05, 0.1) is 102 Å². The van der Waals surface area contributed by atoms with Gasteiger partial charge in [0.2, 0.25) is 0 Å². The maximum Gasteiger partial charge on any atom is 0.330 e. The van der Waals surface area contributed by atoms with Crippen molar-refractivity contribution in [3.63, 3.8) is 0 Å². The maximum atomic E-state index is 13.9. The first kappa shape index (κ1) is 72.3. The Balaban J connectivity index is 0.914. The molecule has 0 N–H and O–H groups in total. The molecule has 1 heterocycles. The molecule has 3 unspecified atom stereocenters. The van der Waals surface area contributed by atoms with Gasteiger partial charge < -0.3 is 52.1 Å². The van der Waals surface area contributed by atoms with Gasteiger partial charge in [0.15, 0.2) is 0 Å². The van der Waals surface area contributed by atoms with Gasteiger partial charge in [-0.1, -0.05) is 60.9 Å². The Kier molecular flexibility index (Phi) is 28.5. The number of nitrogens with zero attached hydrogens (tertiary/aromatic N) is 2. The van der Waals surface area contributed by atoms with Crippen LogP contribution in [0.3, 0.4) is 0 Å². The zero-order valence-corrected chi connectivity index (χ0v) is 53.6. The number of fused-ring (bicyclic) bond motifs is 1. The molecule has 3 aromatic rings. The number of ether oxygens (including phenoxy) is 11. The van der Waals surface area contributed by atoms with E-state index < -0.39 is 102 Å². The molecule has 0 spiro atoms. The van der Waals surface area contributed by atoms with Gasteiger partial charge in [-0.25, -0.2) is 19.7 Å². The van der Waals surface area contributed by atoms with Gasteiger partial charge in [-0.05, 0) is 133 Å². The number of esters is 10. The second-order valence-corrected chi connectivity index (χ2v) is 24.4. The summed E-state index contributed by atoms with van der Waals surface area (Å²) in [5, 5.41) is 9.83. The van der Waals surface area contributed by atoms with E-state index in [4.69, 9.17) is 58.7 Å². The zero-order valence-electron chi connectivity index (χ0n) is 51.9. The first-order valence-electron chi connectivity index (χ1n) is 30.1. The number of carbonyl (C=O) groups excluding carboxylic acids is 10. The molecule has 6 rings (SSSR count). The van der Waals surface area contributed by atoms with E-state index in [1.54, 1.807) is 83.1 Å². The monoisotopic (exact) mass is 1310 g/mol. The highest BCUT2D eigenvalue weighted by Crippen LogP contribution is 2.61. The van der Waals surface area contributed by atoms with E-state index in [0.717, 1.165) is 46.8 Å². The highest BCUT2D eigenvalue weighted by Gasteiger charge is 2.38. The van der Waals surface area contributed by atoms with E-state index >= 15 is 0 Å². The lowest BCUT2D eigenvalue weighted by Gasteiger charge is -2.27. The molecule has 92 heavy (non-hydrogen) atoms. The van der Waals surface area contributed by atoms with E-state index in [2.05, 4.69) is 18.0 Å². The van der Waals surface area contributed by atoms with Gasteiger partial charge in [-0.2, -0.15) is 0 Å². The van der Waals surface area contributed by atoms with E-state index in [0.29, 0.717) is 101 Å². The van der Waals surface area contributed by atoms with E-state index in [9.17, 15) is 53.2 Å². The summed E-state index contributed by atoms with van der Waals surface area (Å²) in [6.07, 6.45) is 3.10. The molecule has 0 amide bonds. The van der Waals surface area contributed by atoms with Crippen LogP contribution in [-0.4, -0.2) is 111 Å². The Hall–Kier alpha value is -8.78. The number of rotatable bonds is 31. The molecule has 0 saturated heterocycles. The lowest BCUT2D eigenvalue weighted by Crippen LogP contribution is -2.31. The molecule has 0 radical (unpaired) electrons. The van der Waals surface area contributed by atoms with Crippen molar-refractivity contribution in [3.05, 3.63) is 117 Å². The number of hydrogen-bond donors (Lipinski definition) is 0. The van der Waals surface area contributed by atoms with Crippen LogP contribution in [0.4, 0.5) is 0 Å². The highest BCUT2D eigenvalue weighted by atomic mass is 32.2. The zero-order chi connectivity index (χ0) is 66.9. The summed E-state index contributed by atoms with van der Waals surface area (Å²) in [4.78, 5) is 130. The number of benzene rings is 3. The Labute approximate surface area is 541 Å². The van der Waals surface area contributed by atoms with Crippen molar-refractivity contribution < 1.29 is 100 Å². The van der Waals surface area contributed by atoms with Crippen molar-refractivity contribution >= 4 is 83.2 Å². The van der Waals surface area contributed by atoms with Gasteiger partial charge in [-0.3, -0.25) is 38.4 Å². The van der Waals surface area contributed by atoms with Crippen molar-refractivity contribution in [1.29, 1.82) is 5.26 Å². The van der Waals surface area contributed by atoms with Gasteiger partial charge in [-0.15, -0.1) is 0 Å². The van der Waals surface area contributed by atoms with Crippen LogP contribution >= 0.6 is 23.5 Å². The van der Waals surface area contributed by atoms with Crippen LogP contribution < -0.4 is 18.9 Å². The quantitative estimate of drug-likeness (QED) is 0.0144. The molecule has 1 aliphatic heterocycles. The third-order valence-corrected chi connectivity index (χ3v) is 17.6. The summed E-state index contributed by atoms with van der Waals surface area (Å²) in [7, 11) is 0. The molecule has 490 valence electrons. The molecular weight excluding hydrogens is 1230 g/mol. The van der Waals surface area contributed by atoms with E-state index in [1.807, 2.05) is 6.07 Å². The van der Waals surface area contributed by atoms with Crippen LogP contribution in [0.1, 0.15) is 120 Å². The number of hydrogen-bond acceptors (Lipinski definition) is 24. The molecule has 2 aliphatic carbocycles. The second-order valence-electron chi connectivity index (χ2n) is 22.1. The molecule has 2 fully saturated rings. The predicted molar refractivity (Wildman–Crippen MR) is 330 cm³/mol. The largest absolute Gasteiger partial charge is 0.465 e. The van der Waals surface area contributed by atoms with Crippen LogP contribution in [0.25, 0.3) is 4.85 Å². The SMILES string of the molecule is [C-]#[N+]/C(C#N)=C1/Sc2c(OC(=O)[C@H]3CC[C@H](C(=O)Oc4ccc(CCOC(=O)CCC(=O)OCC(C)OCC(C)OC(=O)C=C)cc4)CC3)c(C)c(C)c(OC(=O)[C@H]3CC[C@H](C(=O)Oc4ccc(CCOC(=O)CCC(=O)OC(C)COC(=O)C=C)cc4)CC3)c2S1. The number of carbonyl (C=O) groups is 10. The molecule has 0 bridgehead atoms. The fraction of sp³-hybridized carbons (Fsp3) is 0.463. The molecule has 3 atom stereocenters. The molecule has 3 aromatic carbocycles. The summed E-state index contributed by atoms with van der Waals surface area (Å²) >= 11 is 2.16. The fourth-order valence-electron chi connectivity index (χ4n) is 9.69. The maximum absolute atomic E-state index is 13.9. The molecule has 2 saturated carbocycles. The molecule has 0 aromatic heterocycles. The predicted octanol–water partition coefficient (Wildman–Crippen LogP) is 10.2. The summed E-state index contributed by atoms with van der Waals surface area (Å²) in [5.74, 6) is -6.56. The number of nitriles is 1. The van der Waals surface area contributed by atoms with Gasteiger partial charge in [0, 0.05) is 25.0 Å². The minimum Gasteiger partial charge on any atom is -0.465 e. The summed E-state index contributed by atoms with van der Waals surface area (Å²) < 4.78 is 60.2. The lowest BCUT2D eigenvalue weighted by atomic mass is 9.82. The summed E-state index contributed by atoms with van der Waals surface area (Å²) in [6.45, 7) is 22.6. The van der Waals surface area contributed by atoms with Crippen LogP contribution in [0.5, 0.6) is 23.0 Å². The minimum atomic E-state index is -0.701. The topological polar surface area (TPSA) is 300 Å². The Morgan fingerprint density at radius 2 is 0.913 bits per heavy atom. The Morgan fingerprint density at radius 1 is 0.533 bits per heavy atom. The first-order chi connectivity index (χ1) is 44.1. The number of allylic oxidation sites excluding steroid dienone is 1. The normalized spacial score (nSPS) is 18.0. The molecular formula is C67H74N2O21S2. The molecule has 25 heteroatoms. The van der Waals surface area contributed by atoms with Crippen molar-refractivity contribution in [2.45, 2.75) is 153 Å². The van der Waals surface area contributed by atoms with Gasteiger partial charge in [0.1, 0.15) is 48.4 Å². The average Bonchev–Trinajstić information content (AvgIpc) is 1.56. The van der Waals surface area contributed by atoms with Crippen molar-refractivity contribution in [2.24, 2.45) is 23.7 Å². The second kappa shape index (κ2) is 36.3. The highest BCUT2D eigenvalue weighted by molar-refractivity contribution is 8.24. The first-order valence-corrected chi connectivity index (χ1v) is 31.7. The smallest absolute Gasteiger partial charge is 0.330 e. The molecule has 23 nitrogen and oxygen atoms in total. The fourth-order valence-corrected chi connectivity index (χ4v) is 12.3. The average molecular weight is 1310 g/mol. The molecule has 3 aliphatic rings. The van der Waals surface area contributed by atoms with Crippen molar-refractivity contribution in [2.75, 3.05) is 33.0 Å². The van der Waals surface area contributed by atoms with Crippen molar-refractivity contribution in [1.82, 2.24) is 0 Å². The van der Waals surface area contributed by atoms with Crippen LogP contribution in [-0.2, 0) is 93.9 Å². The third kappa shape index (κ3) is 22.6. The standard InChI is InChI=1S/C67H74N2O21S2/c1-9-53(70)83-38-41(5)86-58(75)30-29-56(73)81-34-32-45-13-25-51(26-14-45)88-64(77)47-17-21-49(22-18-47)66(79)90-60-43(7)42(6)59(61-62(60)92-67(91-61)52(35-68)69-8)89-65(78)48-19-15-46(16-20-48)63(76)87-50-23-11-44(12-24-50)31-33-80-55(72)27-28-57(74)84-36-39(3)82-37-40(4)85-54(71)10-2/h9-14,23-26,39-41,46-49H,1-2,15-22,27-34,36-38H2,3-7H3/b67-52-/t39?,40?,41?,46-,47-,48-,49-. The van der Waals surface area contributed by atoms with Gasteiger partial charge >= 0.3 is 59.7 Å². The minimum absolute atomic E-state index is 0.0470. The Morgan fingerprint density at radius 3 is 1.32 bits per heavy atom. The summed E-state index contributed by atoms with van der Waals surface area (Å²) in [6, 6.07) is 15.4. The van der Waals surface area contributed by atoms with Gasteiger partial charge in [0.25, 0.3) is 5.70 Å². The number of thioether (sulfide) groups is 2. The van der Waals surface area contributed by atoms with Crippen LogP contribution in [0, 0.1) is 55.4 Å². The van der Waals surface area contributed by atoms with Crippen LogP contribution in [0.2, 0.25) is 0 Å².